The quantitative estimate of drug-likeness (QED) is 0.495. The Morgan fingerprint density at radius 1 is 0.968 bits per heavy atom. The van der Waals surface area contributed by atoms with Gasteiger partial charge in [0.15, 0.2) is 0 Å². The molecule has 9 heteroatoms. The van der Waals surface area contributed by atoms with Crippen LogP contribution in [0.3, 0.4) is 0 Å². The summed E-state index contributed by atoms with van der Waals surface area (Å²) in [5.74, 6) is -0.752. The molecule has 3 aromatic rings. The van der Waals surface area contributed by atoms with Crippen molar-refractivity contribution in [3.8, 4) is 5.88 Å². The maximum Gasteiger partial charge on any atom is 0.416 e. The molecule has 0 atom stereocenters. The second-order valence-corrected chi connectivity index (χ2v) is 6.78. The summed E-state index contributed by atoms with van der Waals surface area (Å²) >= 11 is 0. The summed E-state index contributed by atoms with van der Waals surface area (Å²) in [7, 11) is 1.46. The van der Waals surface area contributed by atoms with Crippen molar-refractivity contribution in [2.75, 3.05) is 17.7 Å². The molecule has 0 saturated carbocycles. The number of alkyl halides is 3. The fourth-order valence-corrected chi connectivity index (χ4v) is 2.91. The van der Waals surface area contributed by atoms with Crippen LogP contribution in [0.25, 0.3) is 0 Å². The molecule has 0 aliphatic heterocycles. The summed E-state index contributed by atoms with van der Waals surface area (Å²) in [4.78, 5) is 17.0. The predicted molar refractivity (Wildman–Crippen MR) is 109 cm³/mol. The number of methoxy groups -OCH3 is 1. The molecule has 5 nitrogen and oxygen atoms in total. The highest BCUT2D eigenvalue weighted by atomic mass is 19.4. The first kappa shape index (κ1) is 22.1. The highest BCUT2D eigenvalue weighted by Gasteiger charge is 2.31. The van der Waals surface area contributed by atoms with Gasteiger partial charge in [-0.25, -0.2) is 9.37 Å². The number of halogens is 4. The zero-order valence-electron chi connectivity index (χ0n) is 16.9. The Bertz CT molecular complexity index is 1130. The molecule has 1 amide bonds. The highest BCUT2D eigenvalue weighted by Crippen LogP contribution is 2.34. The van der Waals surface area contributed by atoms with E-state index >= 15 is 0 Å². The van der Waals surface area contributed by atoms with E-state index in [4.69, 9.17) is 4.74 Å². The van der Waals surface area contributed by atoms with Crippen LogP contribution in [-0.2, 0) is 6.18 Å². The van der Waals surface area contributed by atoms with Crippen LogP contribution in [0.4, 0.5) is 34.6 Å². The maximum absolute atomic E-state index is 13.4. The van der Waals surface area contributed by atoms with Crippen molar-refractivity contribution in [2.45, 2.75) is 20.0 Å². The van der Waals surface area contributed by atoms with Gasteiger partial charge >= 0.3 is 6.18 Å². The van der Waals surface area contributed by atoms with Gasteiger partial charge in [-0.15, -0.1) is 0 Å². The van der Waals surface area contributed by atoms with Crippen LogP contribution in [-0.4, -0.2) is 18.0 Å². The SMILES string of the molecule is COc1ccc(NC(=O)c2ccc(C(F)(F)F)cc2Nc2ccc(F)cc2C)c(C)n1. The lowest BCUT2D eigenvalue weighted by Crippen LogP contribution is -2.16. The summed E-state index contributed by atoms with van der Waals surface area (Å²) in [5.41, 5.74) is 0.691. The third-order valence-electron chi connectivity index (χ3n) is 4.57. The van der Waals surface area contributed by atoms with Crippen LogP contribution in [0, 0.1) is 19.7 Å². The van der Waals surface area contributed by atoms with E-state index in [-0.39, 0.29) is 11.3 Å². The molecule has 2 aromatic carbocycles. The second kappa shape index (κ2) is 8.63. The summed E-state index contributed by atoms with van der Waals surface area (Å²) in [6, 6.07) is 9.71. The third-order valence-corrected chi connectivity index (χ3v) is 4.57. The number of carbonyl (C=O) groups excluding carboxylic acids is 1. The lowest BCUT2D eigenvalue weighted by Gasteiger charge is -2.17. The highest BCUT2D eigenvalue weighted by molar-refractivity contribution is 6.08. The van der Waals surface area contributed by atoms with Crippen LogP contribution in [0.1, 0.15) is 27.2 Å². The van der Waals surface area contributed by atoms with Crippen LogP contribution in [0.15, 0.2) is 48.5 Å². The van der Waals surface area contributed by atoms with Crippen LogP contribution < -0.4 is 15.4 Å². The molecule has 3 rings (SSSR count). The Morgan fingerprint density at radius 3 is 2.29 bits per heavy atom. The number of carbonyl (C=O) groups is 1. The zero-order chi connectivity index (χ0) is 22.8. The van der Waals surface area contributed by atoms with E-state index in [0.29, 0.717) is 28.5 Å². The number of aromatic nitrogens is 1. The monoisotopic (exact) mass is 433 g/mol. The van der Waals surface area contributed by atoms with Gasteiger partial charge in [0.25, 0.3) is 5.91 Å². The van der Waals surface area contributed by atoms with Crippen molar-refractivity contribution in [1.82, 2.24) is 4.98 Å². The van der Waals surface area contributed by atoms with Crippen molar-refractivity contribution in [3.05, 3.63) is 76.7 Å². The first-order chi connectivity index (χ1) is 14.6. The van der Waals surface area contributed by atoms with Crippen molar-refractivity contribution >= 4 is 23.0 Å². The first-order valence-electron chi connectivity index (χ1n) is 9.16. The molecule has 0 saturated heterocycles. The Labute approximate surface area is 176 Å². The Kier molecular flexibility index (Phi) is 6.14. The van der Waals surface area contributed by atoms with Crippen LogP contribution in [0.2, 0.25) is 0 Å². The normalized spacial score (nSPS) is 11.2. The van der Waals surface area contributed by atoms with Gasteiger partial charge in [-0.2, -0.15) is 13.2 Å². The lowest BCUT2D eigenvalue weighted by molar-refractivity contribution is -0.137. The van der Waals surface area contributed by atoms with Gasteiger partial charge in [0.05, 0.1) is 35.3 Å². The minimum absolute atomic E-state index is 0.0213. The zero-order valence-corrected chi connectivity index (χ0v) is 16.9. The Balaban J connectivity index is 1.99. The number of pyridine rings is 1. The largest absolute Gasteiger partial charge is 0.481 e. The third kappa shape index (κ3) is 5.11. The Morgan fingerprint density at radius 2 is 1.68 bits per heavy atom. The van der Waals surface area contributed by atoms with Gasteiger partial charge in [-0.3, -0.25) is 4.79 Å². The lowest BCUT2D eigenvalue weighted by atomic mass is 10.1. The molecule has 0 spiro atoms. The number of hydrogen-bond donors (Lipinski definition) is 2. The molecule has 0 radical (unpaired) electrons. The molecule has 0 aliphatic rings. The fourth-order valence-electron chi connectivity index (χ4n) is 2.91. The van der Waals surface area contributed by atoms with E-state index in [0.717, 1.165) is 18.2 Å². The second-order valence-electron chi connectivity index (χ2n) is 6.78. The number of amides is 1. The van der Waals surface area contributed by atoms with E-state index < -0.39 is 23.5 Å². The molecule has 162 valence electrons. The van der Waals surface area contributed by atoms with Crippen molar-refractivity contribution < 1.29 is 27.1 Å². The number of nitrogens with zero attached hydrogens (tertiary/aromatic N) is 1. The summed E-state index contributed by atoms with van der Waals surface area (Å²) in [5, 5.41) is 5.46. The van der Waals surface area contributed by atoms with Crippen LogP contribution in [0.5, 0.6) is 5.88 Å². The molecule has 2 N–H and O–H groups in total. The molecule has 0 bridgehead atoms. The molecule has 0 unspecified atom stereocenters. The standard InChI is InChI=1S/C22H19F4N3O2/c1-12-10-15(23)5-7-17(12)28-19-11-14(22(24,25)26)4-6-16(19)21(30)29-18-8-9-20(31-3)27-13(18)2/h4-11,28H,1-3H3,(H,29,30). The minimum atomic E-state index is -4.60. The van der Waals surface area contributed by atoms with E-state index in [1.165, 1.54) is 25.3 Å². The van der Waals surface area contributed by atoms with E-state index in [1.54, 1.807) is 26.0 Å². The first-order valence-corrected chi connectivity index (χ1v) is 9.16. The number of hydrogen-bond acceptors (Lipinski definition) is 4. The van der Waals surface area contributed by atoms with Gasteiger partial charge in [0.2, 0.25) is 5.88 Å². The molecule has 1 heterocycles. The molecular weight excluding hydrogens is 414 g/mol. The number of aryl methyl sites for hydroxylation is 2. The summed E-state index contributed by atoms with van der Waals surface area (Å²) in [6.45, 7) is 3.26. The molecule has 31 heavy (non-hydrogen) atoms. The van der Waals surface area contributed by atoms with Gasteiger partial charge < -0.3 is 15.4 Å². The molecule has 1 aromatic heterocycles. The van der Waals surface area contributed by atoms with Crippen molar-refractivity contribution in [2.24, 2.45) is 0 Å². The number of ether oxygens (including phenoxy) is 1. The molecular formula is C22H19F4N3O2. The number of benzene rings is 2. The maximum atomic E-state index is 13.4. The number of anilines is 3. The average Bonchev–Trinajstić information content (AvgIpc) is 2.70. The van der Waals surface area contributed by atoms with Crippen molar-refractivity contribution in [1.29, 1.82) is 0 Å². The van der Waals surface area contributed by atoms with Crippen LogP contribution >= 0.6 is 0 Å². The minimum Gasteiger partial charge on any atom is -0.481 e. The topological polar surface area (TPSA) is 63.2 Å². The summed E-state index contributed by atoms with van der Waals surface area (Å²) < 4.78 is 58.1. The Hall–Kier alpha value is -3.62. The van der Waals surface area contributed by atoms with Gasteiger partial charge in [0, 0.05) is 11.8 Å². The number of nitrogens with one attached hydrogen (secondary N) is 2. The van der Waals surface area contributed by atoms with E-state index in [2.05, 4.69) is 15.6 Å². The smallest absolute Gasteiger partial charge is 0.416 e. The fraction of sp³-hybridized carbons (Fsp3) is 0.182. The van der Waals surface area contributed by atoms with E-state index in [9.17, 15) is 22.4 Å². The van der Waals surface area contributed by atoms with Gasteiger partial charge in [-0.05, 0) is 61.9 Å². The van der Waals surface area contributed by atoms with Crippen molar-refractivity contribution in [3.63, 3.8) is 0 Å². The summed E-state index contributed by atoms with van der Waals surface area (Å²) in [6.07, 6.45) is -4.60. The average molecular weight is 433 g/mol. The number of rotatable bonds is 5. The molecule has 0 fully saturated rings. The van der Waals surface area contributed by atoms with Gasteiger partial charge in [0.1, 0.15) is 5.82 Å². The molecule has 0 aliphatic carbocycles. The van der Waals surface area contributed by atoms with E-state index in [1.807, 2.05) is 0 Å². The predicted octanol–water partition coefficient (Wildman–Crippen LogP) is 5.86. The van der Waals surface area contributed by atoms with Gasteiger partial charge in [-0.1, -0.05) is 0 Å².